The third kappa shape index (κ3) is 4.41. The number of allylic oxidation sites excluding steroid dienone is 1. The SMILES string of the molecule is CC[S-](#CC1=C(CC(=O)OC)CCC=N1)CC. The van der Waals surface area contributed by atoms with Crippen LogP contribution in [-0.2, 0) is 19.8 Å². The number of aliphatic imine (C=N–C) groups is 1. The quantitative estimate of drug-likeness (QED) is 0.560. The summed E-state index contributed by atoms with van der Waals surface area (Å²) in [6.07, 6.45) is 4.06. The second-order valence-electron chi connectivity index (χ2n) is 3.73. The van der Waals surface area contributed by atoms with Crippen molar-refractivity contribution in [2.45, 2.75) is 33.1 Å². The van der Waals surface area contributed by atoms with Crippen LogP contribution in [0.25, 0.3) is 0 Å². The fourth-order valence-corrected chi connectivity index (χ4v) is 2.77. The molecule has 0 radical (unpaired) electrons. The molecule has 1 rings (SSSR count). The van der Waals surface area contributed by atoms with Crippen molar-refractivity contribution in [1.29, 1.82) is 0 Å². The van der Waals surface area contributed by atoms with Crippen molar-refractivity contribution >= 4 is 22.5 Å². The molecule has 17 heavy (non-hydrogen) atoms. The number of nitrogens with zero attached hydrogens (tertiary/aromatic N) is 1. The summed E-state index contributed by atoms with van der Waals surface area (Å²) in [5, 5.41) is 3.44. The Bertz CT molecular complexity index is 416. The highest BCUT2D eigenvalue weighted by Crippen LogP contribution is 2.20. The third-order valence-electron chi connectivity index (χ3n) is 2.65. The standard InChI is InChI=1S/C13H20NO2S/c1-4-17(5-2)10-12-11(7-6-8-14-12)9-13(15)16-3/h8H,4-7,9H2,1-3H3/q-1. The molecule has 0 unspecified atom stereocenters. The summed E-state index contributed by atoms with van der Waals surface area (Å²) in [7, 11) is 1.57. The molecule has 0 aromatic heterocycles. The largest absolute Gasteiger partial charge is 0.469 e. The average molecular weight is 254 g/mol. The molecule has 3 nitrogen and oxygen atoms in total. The van der Waals surface area contributed by atoms with E-state index in [0.29, 0.717) is 6.42 Å². The smallest absolute Gasteiger partial charge is 0.309 e. The Morgan fingerprint density at radius 2 is 2.24 bits per heavy atom. The number of hydrogen-bond acceptors (Lipinski definition) is 4. The van der Waals surface area contributed by atoms with Gasteiger partial charge in [-0.2, -0.15) is 0 Å². The Labute approximate surface area is 106 Å². The van der Waals surface area contributed by atoms with E-state index in [1.807, 2.05) is 6.21 Å². The Hall–Kier alpha value is -0.990. The molecule has 0 amide bonds. The second kappa shape index (κ2) is 7.36. The molecule has 1 heterocycles. The van der Waals surface area contributed by atoms with E-state index in [1.54, 1.807) is 0 Å². The molecular formula is C13H20NO2S-. The van der Waals surface area contributed by atoms with Crippen LogP contribution in [0.2, 0.25) is 0 Å². The number of carbonyl (C=O) groups is 1. The van der Waals surface area contributed by atoms with E-state index in [1.165, 1.54) is 7.11 Å². The van der Waals surface area contributed by atoms with E-state index in [4.69, 9.17) is 4.74 Å². The first-order valence-electron chi connectivity index (χ1n) is 5.96. The highest BCUT2D eigenvalue weighted by atomic mass is 32.2. The molecule has 0 saturated heterocycles. The molecule has 0 aromatic carbocycles. The first-order chi connectivity index (χ1) is 8.21. The summed E-state index contributed by atoms with van der Waals surface area (Å²) in [5.41, 5.74) is 1.95. The van der Waals surface area contributed by atoms with Crippen molar-refractivity contribution in [3.63, 3.8) is 0 Å². The fourth-order valence-electron chi connectivity index (χ4n) is 1.61. The zero-order valence-corrected chi connectivity index (χ0v) is 11.6. The molecular weight excluding hydrogens is 234 g/mol. The fraction of sp³-hybridized carbons (Fsp3) is 0.615. The molecule has 0 fully saturated rings. The van der Waals surface area contributed by atoms with Crippen molar-refractivity contribution in [3.05, 3.63) is 11.3 Å². The average Bonchev–Trinajstić information content (AvgIpc) is 2.37. The normalized spacial score (nSPS) is 15.1. The number of carbonyl (C=O) groups excluding carboxylic acids is 1. The summed E-state index contributed by atoms with van der Waals surface area (Å²) in [6.45, 7) is 4.32. The first-order valence-corrected chi connectivity index (χ1v) is 7.53. The maximum absolute atomic E-state index is 11.3. The highest BCUT2D eigenvalue weighted by Gasteiger charge is 2.11. The Morgan fingerprint density at radius 1 is 1.53 bits per heavy atom. The molecule has 0 spiro atoms. The van der Waals surface area contributed by atoms with Crippen molar-refractivity contribution in [3.8, 4) is 5.18 Å². The first kappa shape index (κ1) is 14.1. The summed E-state index contributed by atoms with van der Waals surface area (Å²) in [4.78, 5) is 15.7. The van der Waals surface area contributed by atoms with Crippen molar-refractivity contribution in [2.75, 3.05) is 18.6 Å². The van der Waals surface area contributed by atoms with Crippen LogP contribution in [0.15, 0.2) is 16.3 Å². The summed E-state index contributed by atoms with van der Waals surface area (Å²) >= 11 is 0. The lowest BCUT2D eigenvalue weighted by Crippen LogP contribution is -2.06. The number of ether oxygens (including phenoxy) is 1. The van der Waals surface area contributed by atoms with Gasteiger partial charge in [0.1, 0.15) is 0 Å². The lowest BCUT2D eigenvalue weighted by atomic mass is 10.0. The van der Waals surface area contributed by atoms with Crippen LogP contribution in [0.3, 0.4) is 0 Å². The Kier molecular flexibility index (Phi) is 6.09. The number of hydrogen-bond donors (Lipinski definition) is 0. The van der Waals surface area contributed by atoms with Gasteiger partial charge in [-0.25, -0.2) is 5.18 Å². The topological polar surface area (TPSA) is 38.7 Å². The van der Waals surface area contributed by atoms with E-state index in [2.05, 4.69) is 24.0 Å². The summed E-state index contributed by atoms with van der Waals surface area (Å²) in [6, 6.07) is 0. The zero-order chi connectivity index (χ0) is 12.7. The van der Waals surface area contributed by atoms with Crippen molar-refractivity contribution in [1.82, 2.24) is 0 Å². The van der Waals surface area contributed by atoms with Gasteiger partial charge in [-0.1, -0.05) is 13.8 Å². The van der Waals surface area contributed by atoms with Crippen LogP contribution in [0.1, 0.15) is 33.1 Å². The van der Waals surface area contributed by atoms with E-state index in [0.717, 1.165) is 35.6 Å². The number of methoxy groups -OCH3 is 1. The van der Waals surface area contributed by atoms with E-state index < -0.39 is 0 Å². The molecule has 0 N–H and O–H groups in total. The van der Waals surface area contributed by atoms with E-state index >= 15 is 0 Å². The molecule has 0 aliphatic carbocycles. The van der Waals surface area contributed by atoms with Crippen LogP contribution in [0, 0.1) is 5.18 Å². The van der Waals surface area contributed by atoms with Gasteiger partial charge >= 0.3 is 5.97 Å². The molecule has 0 bridgehead atoms. The van der Waals surface area contributed by atoms with Crippen LogP contribution in [0.4, 0.5) is 0 Å². The molecule has 1 aliphatic rings. The van der Waals surface area contributed by atoms with Gasteiger partial charge in [-0.05, 0) is 18.4 Å². The Balaban J connectivity index is 2.99. The lowest BCUT2D eigenvalue weighted by Gasteiger charge is -2.17. The van der Waals surface area contributed by atoms with Crippen molar-refractivity contribution < 1.29 is 9.53 Å². The molecule has 0 atom stereocenters. The molecule has 4 heteroatoms. The lowest BCUT2D eigenvalue weighted by molar-refractivity contribution is -0.139. The molecule has 96 valence electrons. The Morgan fingerprint density at radius 3 is 2.82 bits per heavy atom. The number of esters is 1. The summed E-state index contributed by atoms with van der Waals surface area (Å²) in [5.74, 6) is 1.98. The monoisotopic (exact) mass is 254 g/mol. The van der Waals surface area contributed by atoms with Gasteiger partial charge in [0.15, 0.2) is 0 Å². The van der Waals surface area contributed by atoms with Gasteiger partial charge < -0.3 is 15.0 Å². The maximum atomic E-state index is 11.3. The van der Waals surface area contributed by atoms with Gasteiger partial charge in [0.25, 0.3) is 0 Å². The van der Waals surface area contributed by atoms with E-state index in [-0.39, 0.29) is 16.3 Å². The predicted molar refractivity (Wildman–Crippen MR) is 73.7 cm³/mol. The molecule has 0 saturated carbocycles. The van der Waals surface area contributed by atoms with Gasteiger partial charge in [-0.15, -0.1) is 11.5 Å². The zero-order valence-electron chi connectivity index (χ0n) is 10.8. The van der Waals surface area contributed by atoms with Gasteiger partial charge in [0, 0.05) is 6.21 Å². The van der Waals surface area contributed by atoms with Gasteiger partial charge in [0.2, 0.25) is 0 Å². The highest BCUT2D eigenvalue weighted by molar-refractivity contribution is 7.86. The predicted octanol–water partition coefficient (Wildman–Crippen LogP) is 2.29. The third-order valence-corrected chi connectivity index (χ3v) is 4.53. The summed E-state index contributed by atoms with van der Waals surface area (Å²) < 4.78 is 4.71. The second-order valence-corrected chi connectivity index (χ2v) is 6.07. The molecule has 1 aliphatic heterocycles. The minimum atomic E-state index is -0.190. The van der Waals surface area contributed by atoms with Gasteiger partial charge in [0.05, 0.1) is 19.2 Å². The van der Waals surface area contributed by atoms with Crippen LogP contribution in [-0.4, -0.2) is 30.8 Å². The van der Waals surface area contributed by atoms with Crippen LogP contribution >= 0.6 is 0 Å². The number of rotatable bonds is 2. The van der Waals surface area contributed by atoms with Crippen LogP contribution in [0.5, 0.6) is 0 Å². The maximum Gasteiger partial charge on any atom is 0.309 e. The van der Waals surface area contributed by atoms with Gasteiger partial charge in [-0.3, -0.25) is 9.79 Å². The minimum Gasteiger partial charge on any atom is -0.469 e. The van der Waals surface area contributed by atoms with Crippen LogP contribution < -0.4 is 0 Å². The van der Waals surface area contributed by atoms with Crippen molar-refractivity contribution in [2.24, 2.45) is 4.99 Å². The minimum absolute atomic E-state index is 0.153. The van der Waals surface area contributed by atoms with E-state index in [9.17, 15) is 4.79 Å². The molecule has 0 aromatic rings.